The summed E-state index contributed by atoms with van der Waals surface area (Å²) < 4.78 is 17.1. The number of benzene rings is 6. The van der Waals surface area contributed by atoms with Crippen LogP contribution in [0.15, 0.2) is 142 Å². The predicted molar refractivity (Wildman–Crippen MR) is 176 cm³/mol. The van der Waals surface area contributed by atoms with Crippen molar-refractivity contribution in [2.75, 3.05) is 0 Å². The predicted octanol–water partition coefficient (Wildman–Crippen LogP) is 9.83. The zero-order valence-corrected chi connectivity index (χ0v) is 23.3. The quantitative estimate of drug-likeness (QED) is 0.214. The van der Waals surface area contributed by atoms with Crippen LogP contribution in [-0.4, -0.2) is 19.1 Å². The van der Waals surface area contributed by atoms with Gasteiger partial charge in [0.05, 0.1) is 27.8 Å². The maximum atomic E-state index is 6.39. The smallest absolute Gasteiger partial charge is 0.307 e. The van der Waals surface area contributed by atoms with E-state index in [-0.39, 0.29) is 0 Å². The van der Waals surface area contributed by atoms with Gasteiger partial charge in [-0.3, -0.25) is 4.57 Å². The molecule has 206 valence electrons. The van der Waals surface area contributed by atoms with Crippen LogP contribution in [-0.2, 0) is 0 Å². The molecular formula is C38H22N4O2. The van der Waals surface area contributed by atoms with E-state index in [4.69, 9.17) is 18.8 Å². The van der Waals surface area contributed by atoms with Crippen LogP contribution in [0.25, 0.3) is 89.0 Å². The second-order valence-corrected chi connectivity index (χ2v) is 11.1. The van der Waals surface area contributed by atoms with Crippen LogP contribution in [0.3, 0.4) is 0 Å². The summed E-state index contributed by atoms with van der Waals surface area (Å²) in [6.07, 6.45) is 0. The van der Waals surface area contributed by atoms with Gasteiger partial charge in [0.25, 0.3) is 0 Å². The van der Waals surface area contributed by atoms with E-state index in [0.29, 0.717) is 17.5 Å². The lowest BCUT2D eigenvalue weighted by molar-refractivity contribution is 0.574. The summed E-state index contributed by atoms with van der Waals surface area (Å²) in [7, 11) is 0. The minimum Gasteiger partial charge on any atom is -0.436 e. The minimum atomic E-state index is 0.530. The second kappa shape index (κ2) is 8.69. The Labute approximate surface area is 250 Å². The molecule has 0 aliphatic carbocycles. The molecule has 0 fully saturated rings. The molecule has 0 spiro atoms. The highest BCUT2D eigenvalue weighted by atomic mass is 16.4. The molecule has 0 atom stereocenters. The van der Waals surface area contributed by atoms with E-state index in [0.717, 1.165) is 60.7 Å². The molecule has 6 nitrogen and oxygen atoms in total. The van der Waals surface area contributed by atoms with Gasteiger partial charge in [-0.2, -0.15) is 4.98 Å². The molecule has 0 saturated heterocycles. The Hall–Kier alpha value is -6.14. The molecule has 0 amide bonds. The molecule has 0 bridgehead atoms. The van der Waals surface area contributed by atoms with E-state index in [1.807, 2.05) is 36.4 Å². The Kier molecular flexibility index (Phi) is 4.63. The summed E-state index contributed by atoms with van der Waals surface area (Å²) in [6.45, 7) is 0. The van der Waals surface area contributed by atoms with E-state index < -0.39 is 0 Å². The highest BCUT2D eigenvalue weighted by Gasteiger charge is 2.18. The summed E-state index contributed by atoms with van der Waals surface area (Å²) in [5, 5.41) is 4.78. The number of oxazole rings is 2. The maximum absolute atomic E-state index is 6.39. The van der Waals surface area contributed by atoms with Crippen LogP contribution >= 0.6 is 0 Å². The first kappa shape index (κ1) is 23.4. The van der Waals surface area contributed by atoms with Gasteiger partial charge < -0.3 is 13.4 Å². The van der Waals surface area contributed by atoms with Crippen LogP contribution in [0.4, 0.5) is 0 Å². The number of nitrogens with zero attached hydrogens (tertiary/aromatic N) is 4. The summed E-state index contributed by atoms with van der Waals surface area (Å²) in [5.74, 6) is 0.538. The van der Waals surface area contributed by atoms with Crippen LogP contribution < -0.4 is 0 Å². The van der Waals surface area contributed by atoms with Gasteiger partial charge in [0.1, 0.15) is 11.0 Å². The normalized spacial score (nSPS) is 12.1. The molecule has 6 heteroatoms. The first-order valence-corrected chi connectivity index (χ1v) is 14.6. The lowest BCUT2D eigenvalue weighted by atomic mass is 10.2. The summed E-state index contributed by atoms with van der Waals surface area (Å²) >= 11 is 0. The van der Waals surface area contributed by atoms with Crippen molar-refractivity contribution in [3.63, 3.8) is 0 Å². The van der Waals surface area contributed by atoms with Gasteiger partial charge in [-0.05, 0) is 54.6 Å². The van der Waals surface area contributed by atoms with Crippen LogP contribution in [0.2, 0.25) is 0 Å². The number of aromatic nitrogens is 4. The van der Waals surface area contributed by atoms with E-state index in [2.05, 4.69) is 106 Å². The molecule has 10 rings (SSSR count). The van der Waals surface area contributed by atoms with Gasteiger partial charge in [0.2, 0.25) is 5.89 Å². The Morgan fingerprint density at radius 2 is 0.932 bits per heavy atom. The van der Waals surface area contributed by atoms with Gasteiger partial charge in [-0.25, -0.2) is 4.98 Å². The van der Waals surface area contributed by atoms with E-state index in [1.165, 1.54) is 10.8 Å². The SMILES string of the molecule is c1ccc2c(c1)c1ccccc1n2-c1ccc2nc(-c3ccc4nc(-n5c6ccccc6c6ccccc65)oc4c3)oc2c1. The average Bonchev–Trinajstić information content (AvgIpc) is 3.84. The number of hydrogen-bond donors (Lipinski definition) is 0. The number of hydrogen-bond acceptors (Lipinski definition) is 4. The summed E-state index contributed by atoms with van der Waals surface area (Å²) in [4.78, 5) is 9.70. The highest BCUT2D eigenvalue weighted by Crippen LogP contribution is 2.36. The Morgan fingerprint density at radius 3 is 1.55 bits per heavy atom. The zero-order valence-electron chi connectivity index (χ0n) is 23.3. The molecule has 0 saturated carbocycles. The third-order valence-corrected chi connectivity index (χ3v) is 8.61. The van der Waals surface area contributed by atoms with Crippen molar-refractivity contribution in [2.45, 2.75) is 0 Å². The van der Waals surface area contributed by atoms with E-state index >= 15 is 0 Å². The van der Waals surface area contributed by atoms with Crippen molar-refractivity contribution >= 4 is 65.8 Å². The van der Waals surface area contributed by atoms with E-state index in [1.54, 1.807) is 0 Å². The third-order valence-electron chi connectivity index (χ3n) is 8.61. The first-order valence-electron chi connectivity index (χ1n) is 14.6. The molecule has 0 radical (unpaired) electrons. The maximum Gasteiger partial charge on any atom is 0.307 e. The van der Waals surface area contributed by atoms with Crippen molar-refractivity contribution in [1.29, 1.82) is 0 Å². The number of fused-ring (bicyclic) bond motifs is 8. The molecule has 0 aliphatic heterocycles. The monoisotopic (exact) mass is 566 g/mol. The fourth-order valence-electron chi connectivity index (χ4n) is 6.65. The van der Waals surface area contributed by atoms with Crippen molar-refractivity contribution in [1.82, 2.24) is 19.1 Å². The fourth-order valence-corrected chi connectivity index (χ4v) is 6.65. The minimum absolute atomic E-state index is 0.530. The van der Waals surface area contributed by atoms with Gasteiger partial charge in [0, 0.05) is 33.2 Å². The molecule has 6 aromatic carbocycles. The summed E-state index contributed by atoms with van der Waals surface area (Å²) in [6, 6.07) is 46.3. The van der Waals surface area contributed by atoms with Gasteiger partial charge >= 0.3 is 6.01 Å². The number of rotatable bonds is 3. The highest BCUT2D eigenvalue weighted by molar-refractivity contribution is 6.10. The van der Waals surface area contributed by atoms with Gasteiger partial charge in [-0.15, -0.1) is 0 Å². The van der Waals surface area contributed by atoms with E-state index in [9.17, 15) is 0 Å². The largest absolute Gasteiger partial charge is 0.436 e. The third kappa shape index (κ3) is 3.25. The molecule has 4 heterocycles. The molecule has 4 aromatic heterocycles. The van der Waals surface area contributed by atoms with Gasteiger partial charge in [-0.1, -0.05) is 72.8 Å². The lowest BCUT2D eigenvalue weighted by Gasteiger charge is -2.07. The molecule has 0 N–H and O–H groups in total. The fraction of sp³-hybridized carbons (Fsp3) is 0. The van der Waals surface area contributed by atoms with Crippen molar-refractivity contribution < 1.29 is 8.83 Å². The molecule has 10 aromatic rings. The Morgan fingerprint density at radius 1 is 0.432 bits per heavy atom. The molecule has 0 unspecified atom stereocenters. The molecule has 0 aliphatic rings. The average molecular weight is 567 g/mol. The number of para-hydroxylation sites is 4. The van der Waals surface area contributed by atoms with Crippen LogP contribution in [0, 0.1) is 0 Å². The van der Waals surface area contributed by atoms with Crippen molar-refractivity contribution in [3.8, 4) is 23.2 Å². The second-order valence-electron chi connectivity index (χ2n) is 11.1. The van der Waals surface area contributed by atoms with Crippen molar-refractivity contribution in [3.05, 3.63) is 133 Å². The molecular weight excluding hydrogens is 544 g/mol. The van der Waals surface area contributed by atoms with Crippen LogP contribution in [0.1, 0.15) is 0 Å². The topological polar surface area (TPSA) is 61.9 Å². The van der Waals surface area contributed by atoms with Gasteiger partial charge in [0.15, 0.2) is 11.2 Å². The first-order chi connectivity index (χ1) is 21.8. The lowest BCUT2D eigenvalue weighted by Crippen LogP contribution is -1.93. The van der Waals surface area contributed by atoms with Crippen molar-refractivity contribution in [2.24, 2.45) is 0 Å². The Bertz CT molecular complexity index is 2520. The summed E-state index contributed by atoms with van der Waals surface area (Å²) in [5.41, 5.74) is 9.25. The molecule has 44 heavy (non-hydrogen) atoms. The zero-order chi connectivity index (χ0) is 28.8. The van der Waals surface area contributed by atoms with Crippen LogP contribution in [0.5, 0.6) is 0 Å². The Balaban J connectivity index is 1.09. The standard InChI is InChI=1S/C38H22N4O2/c1-5-13-31-25(9-1)26-10-2-6-14-32(26)41(31)24-18-20-29-36(22-24)43-37(39-29)23-17-19-30-35(21-23)44-38(40-30)42-33-15-7-3-11-27(33)28-12-4-8-16-34(28)42/h1-22H.